The third kappa shape index (κ3) is 6.71. The first-order valence-electron chi connectivity index (χ1n) is 19.7. The number of methoxy groups -OCH3 is 1. The average molecular weight is 745 g/mol. The third-order valence-electron chi connectivity index (χ3n) is 15.5. The van der Waals surface area contributed by atoms with Crippen LogP contribution in [0.1, 0.15) is 113 Å². The number of rotatable bonds is 11. The highest BCUT2D eigenvalue weighted by Gasteiger charge is 2.72. The lowest BCUT2D eigenvalue weighted by Crippen LogP contribution is -2.70. The van der Waals surface area contributed by atoms with Crippen LogP contribution in [0.4, 0.5) is 0 Å². The molecule has 53 heavy (non-hydrogen) atoms. The lowest BCUT2D eigenvalue weighted by molar-refractivity contribution is -0.263. The van der Waals surface area contributed by atoms with Gasteiger partial charge < -0.3 is 35.1 Å². The molecule has 1 aliphatic heterocycles. The van der Waals surface area contributed by atoms with Crippen molar-refractivity contribution in [2.75, 3.05) is 26.9 Å². The number of carboxylic acid groups (broad SMARTS) is 1. The minimum atomic E-state index is -0.967. The molecule has 0 spiro atoms. The maximum Gasteiger partial charge on any atom is 0.396 e. The summed E-state index contributed by atoms with van der Waals surface area (Å²) in [5.74, 6) is -3.19. The normalized spacial score (nSPS) is 39.9. The van der Waals surface area contributed by atoms with Crippen LogP contribution in [-0.4, -0.2) is 80.0 Å². The summed E-state index contributed by atoms with van der Waals surface area (Å²) < 4.78 is 23.2. The molecule has 4 fully saturated rings. The number of allylic oxidation sites excluding steroid dienone is 1. The van der Waals surface area contributed by atoms with Crippen LogP contribution in [0, 0.1) is 56.7 Å². The molecule has 1 unspecified atom stereocenters. The van der Waals surface area contributed by atoms with E-state index in [1.807, 2.05) is 0 Å². The molecule has 298 valence electrons. The van der Waals surface area contributed by atoms with Gasteiger partial charge in [0.15, 0.2) is 0 Å². The summed E-state index contributed by atoms with van der Waals surface area (Å²) >= 11 is 0. The molecule has 12 heteroatoms. The summed E-state index contributed by atoms with van der Waals surface area (Å²) in [5.41, 5.74) is 5.45. The highest BCUT2D eigenvalue weighted by molar-refractivity contribution is 6.32. The van der Waals surface area contributed by atoms with Crippen molar-refractivity contribution in [3.8, 4) is 0 Å². The maximum absolute atomic E-state index is 13.6. The van der Waals surface area contributed by atoms with E-state index in [0.29, 0.717) is 51.2 Å². The van der Waals surface area contributed by atoms with Gasteiger partial charge in [0.05, 0.1) is 26.2 Å². The van der Waals surface area contributed by atoms with Crippen LogP contribution < -0.4 is 11.1 Å². The Labute approximate surface area is 315 Å². The number of hydrogen-bond donors (Lipinski definition) is 3. The Kier molecular flexibility index (Phi) is 11.6. The molecule has 5 aliphatic rings. The Morgan fingerprint density at radius 2 is 1.70 bits per heavy atom. The topological polar surface area (TPSA) is 181 Å². The molecule has 12 nitrogen and oxygen atoms in total. The fourth-order valence-electron chi connectivity index (χ4n) is 12.3. The lowest BCUT2D eigenvalue weighted by atomic mass is 9.34. The van der Waals surface area contributed by atoms with Gasteiger partial charge in [0, 0.05) is 24.3 Å². The highest BCUT2D eigenvalue weighted by atomic mass is 16.6. The van der Waals surface area contributed by atoms with Crippen molar-refractivity contribution in [2.45, 2.75) is 131 Å². The quantitative estimate of drug-likeness (QED) is 0.0832. The van der Waals surface area contributed by atoms with Gasteiger partial charge in [-0.05, 0) is 97.7 Å². The molecule has 2 bridgehead atoms. The van der Waals surface area contributed by atoms with Gasteiger partial charge >= 0.3 is 29.8 Å². The molecule has 1 heterocycles. The number of aliphatic carboxylic acids is 1. The predicted molar refractivity (Wildman–Crippen MR) is 196 cm³/mol. The van der Waals surface area contributed by atoms with Gasteiger partial charge in [-0.15, -0.1) is 0 Å². The van der Waals surface area contributed by atoms with Gasteiger partial charge in [-0.3, -0.25) is 19.2 Å². The zero-order chi connectivity index (χ0) is 39.3. The number of carboxylic acids is 1. The zero-order valence-corrected chi connectivity index (χ0v) is 33.4. The maximum atomic E-state index is 13.6. The number of unbranched alkanes of at least 4 members (excludes halogenated alkanes) is 1. The minimum Gasteiger partial charge on any atom is -0.481 e. The van der Waals surface area contributed by atoms with Crippen LogP contribution in [-0.2, 0) is 42.9 Å². The number of carbonyl (C=O) groups excluding carboxylic acids is 4. The number of fused-ring (bicyclic) bond motifs is 3. The van der Waals surface area contributed by atoms with Crippen molar-refractivity contribution in [1.82, 2.24) is 5.32 Å². The number of amides is 1. The molecule has 12 atom stereocenters. The van der Waals surface area contributed by atoms with E-state index >= 15 is 0 Å². The molecular weight excluding hydrogens is 680 g/mol. The van der Waals surface area contributed by atoms with E-state index in [-0.39, 0.29) is 35.1 Å². The largest absolute Gasteiger partial charge is 0.481 e. The molecule has 1 amide bonds. The standard InChI is InChI=1S/C41H64N2O10/c1-23(2)24(3)37(5)17-18-39(7)26-13-14-30-38(6)21-51-22-41(30,27(26)15-16-40(39,8)31(37)34(46)47)20-29(52-25(4)44)32(38)53-35(48)28(42)12-10-11-19-43-33(45)36(49)50-9/h15,23-24,26,28-32H,10-14,16-22,42H2,1-9H3,(H,43,45)(H,46,47)/t24-,26+,28?,29-,30+,31-,32+,37-,38-,39-,40+,41-/m1/s1. The second-order valence-corrected chi connectivity index (χ2v) is 18.4. The first kappa shape index (κ1) is 41.2. The first-order chi connectivity index (χ1) is 24.7. The molecule has 1 saturated heterocycles. The summed E-state index contributed by atoms with van der Waals surface area (Å²) in [6, 6.07) is -0.934. The second-order valence-electron chi connectivity index (χ2n) is 18.4. The summed E-state index contributed by atoms with van der Waals surface area (Å²) in [6.45, 7) is 17.9. The van der Waals surface area contributed by atoms with Crippen LogP contribution in [0.15, 0.2) is 11.6 Å². The number of nitrogens with one attached hydrogen (secondary N) is 1. The predicted octanol–water partition coefficient (Wildman–Crippen LogP) is 5.21. The fourth-order valence-corrected chi connectivity index (χ4v) is 12.3. The second kappa shape index (κ2) is 14.9. The van der Waals surface area contributed by atoms with Gasteiger partial charge in [-0.1, -0.05) is 60.1 Å². The molecule has 3 saturated carbocycles. The first-order valence-corrected chi connectivity index (χ1v) is 19.7. The number of carbonyl (C=O) groups is 5. The molecule has 4 N–H and O–H groups in total. The van der Waals surface area contributed by atoms with E-state index < -0.39 is 70.2 Å². The Bertz CT molecular complexity index is 1500. The van der Waals surface area contributed by atoms with E-state index in [1.54, 1.807) is 0 Å². The van der Waals surface area contributed by atoms with Crippen LogP contribution >= 0.6 is 0 Å². The van der Waals surface area contributed by atoms with Crippen molar-refractivity contribution in [3.05, 3.63) is 11.6 Å². The number of ether oxygens (including phenoxy) is 4. The Hall–Kier alpha value is -2.99. The zero-order valence-electron chi connectivity index (χ0n) is 33.4. The number of esters is 3. The van der Waals surface area contributed by atoms with E-state index in [9.17, 15) is 29.1 Å². The van der Waals surface area contributed by atoms with Gasteiger partial charge in [0.1, 0.15) is 18.2 Å². The lowest BCUT2D eigenvalue weighted by Gasteiger charge is -2.71. The van der Waals surface area contributed by atoms with Crippen molar-refractivity contribution in [3.63, 3.8) is 0 Å². The van der Waals surface area contributed by atoms with Crippen molar-refractivity contribution < 1.29 is 48.0 Å². The van der Waals surface area contributed by atoms with Gasteiger partial charge in [-0.2, -0.15) is 0 Å². The molecule has 5 rings (SSSR count). The van der Waals surface area contributed by atoms with Crippen LogP contribution in [0.2, 0.25) is 0 Å². The summed E-state index contributed by atoms with van der Waals surface area (Å²) in [4.78, 5) is 62.6. The summed E-state index contributed by atoms with van der Waals surface area (Å²) in [6.07, 6.45) is 6.80. The van der Waals surface area contributed by atoms with Crippen LogP contribution in [0.5, 0.6) is 0 Å². The summed E-state index contributed by atoms with van der Waals surface area (Å²) in [7, 11) is 1.13. The molecule has 0 aromatic heterocycles. The van der Waals surface area contributed by atoms with E-state index in [1.165, 1.54) is 12.5 Å². The SMILES string of the molecule is COC(=O)C(=O)NCCCCC(N)C(=O)O[C@H]1[C@H](OC(C)=O)C[C@]23COC[C@]1(C)[C@@H]2CC[C@H]1C3=CC[C@@]2(C)[C@H](C(=O)O)[C@@](C)([C@H](C)C(C)C)CC[C@]12C. The van der Waals surface area contributed by atoms with Crippen molar-refractivity contribution in [2.24, 2.45) is 62.4 Å². The van der Waals surface area contributed by atoms with E-state index in [4.69, 9.17) is 19.9 Å². The van der Waals surface area contributed by atoms with E-state index in [0.717, 1.165) is 32.8 Å². The smallest absolute Gasteiger partial charge is 0.396 e. The Balaban J connectivity index is 1.41. The summed E-state index contributed by atoms with van der Waals surface area (Å²) in [5, 5.41) is 13.5. The van der Waals surface area contributed by atoms with Crippen LogP contribution in [0.3, 0.4) is 0 Å². The molecular formula is C41H64N2O10. The Morgan fingerprint density at radius 1 is 1.00 bits per heavy atom. The van der Waals surface area contributed by atoms with Gasteiger partial charge in [0.25, 0.3) is 0 Å². The van der Waals surface area contributed by atoms with Crippen molar-refractivity contribution >= 4 is 29.8 Å². The number of nitrogens with two attached hydrogens (primary N) is 1. The highest BCUT2D eigenvalue weighted by Crippen LogP contribution is 2.75. The fraction of sp³-hybridized carbons (Fsp3) is 0.829. The molecule has 0 aromatic carbocycles. The molecule has 0 radical (unpaired) electrons. The van der Waals surface area contributed by atoms with Crippen molar-refractivity contribution in [1.29, 1.82) is 0 Å². The van der Waals surface area contributed by atoms with Crippen LogP contribution in [0.25, 0.3) is 0 Å². The van der Waals surface area contributed by atoms with Gasteiger partial charge in [0.2, 0.25) is 0 Å². The van der Waals surface area contributed by atoms with Gasteiger partial charge in [-0.25, -0.2) is 4.79 Å². The molecule has 4 aliphatic carbocycles. The minimum absolute atomic E-state index is 0.0866. The molecule has 0 aromatic rings. The monoisotopic (exact) mass is 744 g/mol. The third-order valence-corrected chi connectivity index (χ3v) is 15.5. The number of hydrogen-bond acceptors (Lipinski definition) is 10. The average Bonchev–Trinajstić information content (AvgIpc) is 3.08. The Morgan fingerprint density at radius 3 is 2.32 bits per heavy atom. The van der Waals surface area contributed by atoms with E-state index in [2.05, 4.69) is 64.6 Å².